The highest BCUT2D eigenvalue weighted by molar-refractivity contribution is 5.77. The number of likely N-dealkylation sites (tertiary alicyclic amines) is 2. The second-order valence-electron chi connectivity index (χ2n) is 8.96. The van der Waals surface area contributed by atoms with Crippen LogP contribution in [0.4, 0.5) is 9.59 Å². The van der Waals surface area contributed by atoms with Crippen molar-refractivity contribution < 1.29 is 23.9 Å². The molecule has 0 radical (unpaired) electrons. The average Bonchev–Trinajstić information content (AvgIpc) is 3.08. The number of nitrogens with one attached hydrogen (secondary N) is 1. The quantitative estimate of drug-likeness (QED) is 0.788. The summed E-state index contributed by atoms with van der Waals surface area (Å²) in [6, 6.07) is -0.00665. The van der Waals surface area contributed by atoms with Crippen molar-refractivity contribution in [2.75, 3.05) is 33.3 Å². The summed E-state index contributed by atoms with van der Waals surface area (Å²) < 4.78 is 10.2. The molecule has 0 bridgehead atoms. The highest BCUT2D eigenvalue weighted by Gasteiger charge is 2.31. The number of nitrogens with zero attached hydrogens (tertiary/aromatic N) is 2. The number of ether oxygens (including phenoxy) is 2. The average molecular weight is 398 g/mol. The second kappa shape index (κ2) is 9.47. The summed E-state index contributed by atoms with van der Waals surface area (Å²) in [7, 11) is 1.37. The van der Waals surface area contributed by atoms with E-state index < -0.39 is 5.60 Å². The van der Waals surface area contributed by atoms with Crippen molar-refractivity contribution in [1.82, 2.24) is 15.1 Å². The van der Waals surface area contributed by atoms with Crippen molar-refractivity contribution in [3.05, 3.63) is 0 Å². The van der Waals surface area contributed by atoms with E-state index in [0.717, 1.165) is 19.3 Å². The summed E-state index contributed by atoms with van der Waals surface area (Å²) in [6.45, 7) is 10.2. The predicted octanol–water partition coefficient (Wildman–Crippen LogP) is 2.62. The van der Waals surface area contributed by atoms with Gasteiger partial charge in [0.15, 0.2) is 0 Å². The molecule has 2 aliphatic heterocycles. The molecule has 0 aliphatic carbocycles. The van der Waals surface area contributed by atoms with Crippen LogP contribution in [0.1, 0.15) is 53.4 Å². The molecule has 0 aromatic carbocycles. The van der Waals surface area contributed by atoms with E-state index in [9.17, 15) is 14.4 Å². The minimum atomic E-state index is -0.483. The minimum Gasteiger partial charge on any atom is -0.453 e. The molecule has 2 fully saturated rings. The van der Waals surface area contributed by atoms with Crippen LogP contribution in [0.25, 0.3) is 0 Å². The molecule has 0 spiro atoms. The van der Waals surface area contributed by atoms with Gasteiger partial charge >= 0.3 is 12.2 Å². The number of methoxy groups -OCH3 is 1. The fourth-order valence-corrected chi connectivity index (χ4v) is 3.90. The molecule has 0 aromatic rings. The van der Waals surface area contributed by atoms with Gasteiger partial charge in [0.05, 0.1) is 7.11 Å². The SMILES string of the molecule is COC(=O)N1CC[C@@H](NC(=O)C[C@@H](C)C2CCN(C(=O)OC(C)(C)C)CC2)C1. The molecule has 0 aromatic heterocycles. The molecular formula is C20H35N3O5. The number of carbonyl (C=O) groups is 3. The maximum absolute atomic E-state index is 12.4. The molecule has 1 N–H and O–H groups in total. The normalized spacial score (nSPS) is 22.0. The van der Waals surface area contributed by atoms with Crippen molar-refractivity contribution in [3.8, 4) is 0 Å². The van der Waals surface area contributed by atoms with Gasteiger partial charge in [-0.1, -0.05) is 6.92 Å². The number of hydrogen-bond acceptors (Lipinski definition) is 5. The highest BCUT2D eigenvalue weighted by atomic mass is 16.6. The number of hydrogen-bond donors (Lipinski definition) is 1. The van der Waals surface area contributed by atoms with Gasteiger partial charge in [0.25, 0.3) is 0 Å². The Morgan fingerprint density at radius 2 is 1.64 bits per heavy atom. The first-order valence-electron chi connectivity index (χ1n) is 10.2. The van der Waals surface area contributed by atoms with Crippen LogP contribution in [0, 0.1) is 11.8 Å². The molecule has 2 saturated heterocycles. The van der Waals surface area contributed by atoms with E-state index in [1.165, 1.54) is 7.11 Å². The first-order chi connectivity index (χ1) is 13.1. The maximum atomic E-state index is 12.4. The van der Waals surface area contributed by atoms with E-state index in [1.807, 2.05) is 20.8 Å². The van der Waals surface area contributed by atoms with E-state index in [4.69, 9.17) is 9.47 Å². The summed E-state index contributed by atoms with van der Waals surface area (Å²) in [6.07, 6.45) is 2.38. The van der Waals surface area contributed by atoms with E-state index in [1.54, 1.807) is 9.80 Å². The van der Waals surface area contributed by atoms with Crippen LogP contribution in [-0.4, -0.2) is 72.8 Å². The Labute approximate surface area is 167 Å². The molecule has 0 unspecified atom stereocenters. The van der Waals surface area contributed by atoms with E-state index in [0.29, 0.717) is 38.5 Å². The van der Waals surface area contributed by atoms with Crippen LogP contribution in [0.5, 0.6) is 0 Å². The van der Waals surface area contributed by atoms with Crippen LogP contribution in [0.2, 0.25) is 0 Å². The van der Waals surface area contributed by atoms with Crippen LogP contribution in [0.3, 0.4) is 0 Å². The van der Waals surface area contributed by atoms with Crippen LogP contribution < -0.4 is 5.32 Å². The van der Waals surface area contributed by atoms with E-state index in [-0.39, 0.29) is 30.1 Å². The molecule has 2 heterocycles. The number of piperidine rings is 1. The van der Waals surface area contributed by atoms with Crippen LogP contribution in [-0.2, 0) is 14.3 Å². The first-order valence-corrected chi connectivity index (χ1v) is 10.2. The number of rotatable bonds is 4. The fraction of sp³-hybridized carbons (Fsp3) is 0.850. The molecule has 8 heteroatoms. The van der Waals surface area contributed by atoms with Gasteiger partial charge in [-0.2, -0.15) is 0 Å². The third-order valence-electron chi connectivity index (χ3n) is 5.49. The van der Waals surface area contributed by atoms with Crippen LogP contribution in [0.15, 0.2) is 0 Å². The van der Waals surface area contributed by atoms with E-state index >= 15 is 0 Å². The summed E-state index contributed by atoms with van der Waals surface area (Å²) in [4.78, 5) is 39.5. The number of amides is 3. The first kappa shape index (κ1) is 22.3. The molecule has 28 heavy (non-hydrogen) atoms. The fourth-order valence-electron chi connectivity index (χ4n) is 3.90. The largest absolute Gasteiger partial charge is 0.453 e. The molecule has 2 rings (SSSR count). The van der Waals surface area contributed by atoms with Crippen molar-refractivity contribution >= 4 is 18.1 Å². The van der Waals surface area contributed by atoms with Gasteiger partial charge in [-0.25, -0.2) is 9.59 Å². The standard InChI is InChI=1S/C20H35N3O5/c1-14(12-17(24)21-16-8-11-23(13-16)18(25)27-5)15-6-9-22(10-7-15)19(26)28-20(2,3)4/h14-16H,6-13H2,1-5H3,(H,21,24)/t14-,16-/m1/s1. The van der Waals surface area contributed by atoms with Gasteiger partial charge in [0, 0.05) is 38.6 Å². The highest BCUT2D eigenvalue weighted by Crippen LogP contribution is 2.28. The van der Waals surface area contributed by atoms with Gasteiger partial charge in [-0.15, -0.1) is 0 Å². The predicted molar refractivity (Wildman–Crippen MR) is 105 cm³/mol. The molecule has 8 nitrogen and oxygen atoms in total. The molecule has 2 aliphatic rings. The zero-order valence-corrected chi connectivity index (χ0v) is 17.8. The Hall–Kier alpha value is -1.99. The molecular weight excluding hydrogens is 362 g/mol. The van der Waals surface area contributed by atoms with Gasteiger partial charge in [-0.05, 0) is 51.9 Å². The zero-order valence-electron chi connectivity index (χ0n) is 17.8. The Balaban J connectivity index is 1.71. The number of carbonyl (C=O) groups excluding carboxylic acids is 3. The van der Waals surface area contributed by atoms with Crippen molar-refractivity contribution in [2.24, 2.45) is 11.8 Å². The topological polar surface area (TPSA) is 88.2 Å². The van der Waals surface area contributed by atoms with Crippen molar-refractivity contribution in [1.29, 1.82) is 0 Å². The van der Waals surface area contributed by atoms with Gasteiger partial charge in [0.1, 0.15) is 5.60 Å². The lowest BCUT2D eigenvalue weighted by molar-refractivity contribution is -0.123. The third kappa shape index (κ3) is 6.56. The third-order valence-corrected chi connectivity index (χ3v) is 5.49. The summed E-state index contributed by atoms with van der Waals surface area (Å²) >= 11 is 0. The van der Waals surface area contributed by atoms with Crippen molar-refractivity contribution in [2.45, 2.75) is 65.0 Å². The van der Waals surface area contributed by atoms with Gasteiger partial charge < -0.3 is 24.6 Å². The maximum Gasteiger partial charge on any atom is 0.410 e. The minimum absolute atomic E-state index is 0.00665. The zero-order chi connectivity index (χ0) is 20.9. The smallest absolute Gasteiger partial charge is 0.410 e. The van der Waals surface area contributed by atoms with E-state index in [2.05, 4.69) is 12.2 Å². The van der Waals surface area contributed by atoms with Gasteiger partial charge in [0.2, 0.25) is 5.91 Å². The summed E-state index contributed by atoms with van der Waals surface area (Å²) in [5.41, 5.74) is -0.483. The van der Waals surface area contributed by atoms with Crippen LogP contribution >= 0.6 is 0 Å². The molecule has 2 atom stereocenters. The Morgan fingerprint density at radius 3 is 2.21 bits per heavy atom. The Bertz CT molecular complexity index is 567. The Morgan fingerprint density at radius 1 is 1.04 bits per heavy atom. The van der Waals surface area contributed by atoms with Crippen molar-refractivity contribution in [3.63, 3.8) is 0 Å². The molecule has 3 amide bonds. The lowest BCUT2D eigenvalue weighted by atomic mass is 9.83. The summed E-state index contributed by atoms with van der Waals surface area (Å²) in [5.74, 6) is 0.692. The lowest BCUT2D eigenvalue weighted by Gasteiger charge is -2.35. The monoisotopic (exact) mass is 397 g/mol. The second-order valence-corrected chi connectivity index (χ2v) is 8.96. The van der Waals surface area contributed by atoms with Gasteiger partial charge in [-0.3, -0.25) is 4.79 Å². The summed E-state index contributed by atoms with van der Waals surface area (Å²) in [5, 5.41) is 3.04. The lowest BCUT2D eigenvalue weighted by Crippen LogP contribution is -2.43. The molecule has 0 saturated carbocycles. The Kier molecular flexibility index (Phi) is 7.55. The molecule has 160 valence electrons.